The van der Waals surface area contributed by atoms with Crippen LogP contribution >= 0.6 is 0 Å². The molecule has 4 N–H and O–H groups in total. The van der Waals surface area contributed by atoms with E-state index in [1.807, 2.05) is 35.2 Å². The number of rotatable bonds is 3. The minimum absolute atomic E-state index is 0.0360. The Kier molecular flexibility index (Phi) is 4.45. The summed E-state index contributed by atoms with van der Waals surface area (Å²) in [6, 6.07) is 9.59. The van der Waals surface area contributed by atoms with E-state index in [1.54, 1.807) is 0 Å². The zero-order valence-corrected chi connectivity index (χ0v) is 12.4. The maximum Gasteiger partial charge on any atom is 0.239 e. The molecule has 2 rings (SSSR count). The topological polar surface area (TPSA) is 72.3 Å². The highest BCUT2D eigenvalue weighted by atomic mass is 16.2. The van der Waals surface area contributed by atoms with Gasteiger partial charge in [-0.15, -0.1) is 0 Å². The van der Waals surface area contributed by atoms with E-state index in [9.17, 15) is 4.79 Å². The Morgan fingerprint density at radius 2 is 2.05 bits per heavy atom. The van der Waals surface area contributed by atoms with E-state index in [0.29, 0.717) is 19.5 Å². The van der Waals surface area contributed by atoms with Crippen molar-refractivity contribution >= 4 is 5.91 Å². The Morgan fingerprint density at radius 1 is 1.40 bits per heavy atom. The molecule has 1 amide bonds. The van der Waals surface area contributed by atoms with Crippen LogP contribution in [0.25, 0.3) is 0 Å². The molecule has 2 atom stereocenters. The summed E-state index contributed by atoms with van der Waals surface area (Å²) in [5.41, 5.74) is 13.2. The third-order valence-corrected chi connectivity index (χ3v) is 4.24. The number of hydrogen-bond acceptors (Lipinski definition) is 3. The molecule has 1 saturated heterocycles. The first kappa shape index (κ1) is 15.0. The Hall–Kier alpha value is -1.39. The average Bonchev–Trinajstić information content (AvgIpc) is 2.42. The first-order chi connectivity index (χ1) is 9.40. The molecule has 0 spiro atoms. The van der Waals surface area contributed by atoms with Gasteiger partial charge in [0.15, 0.2) is 0 Å². The molecule has 1 heterocycles. The summed E-state index contributed by atoms with van der Waals surface area (Å²) in [6.07, 6.45) is 1.43. The van der Waals surface area contributed by atoms with E-state index in [2.05, 4.69) is 13.8 Å². The molecule has 1 aliphatic heterocycles. The molecule has 0 radical (unpaired) electrons. The minimum Gasteiger partial charge on any atom is -0.341 e. The van der Waals surface area contributed by atoms with Crippen LogP contribution in [0.1, 0.15) is 25.8 Å². The molecule has 110 valence electrons. The predicted octanol–water partition coefficient (Wildman–Crippen LogP) is 1.14. The van der Waals surface area contributed by atoms with Gasteiger partial charge in [0, 0.05) is 19.1 Å². The second kappa shape index (κ2) is 5.94. The lowest BCUT2D eigenvalue weighted by atomic mass is 9.79. The Labute approximate surface area is 121 Å². The zero-order chi connectivity index (χ0) is 14.8. The largest absolute Gasteiger partial charge is 0.341 e. The van der Waals surface area contributed by atoms with E-state index >= 15 is 0 Å². The molecule has 1 unspecified atom stereocenters. The van der Waals surface area contributed by atoms with Gasteiger partial charge in [0.25, 0.3) is 0 Å². The summed E-state index contributed by atoms with van der Waals surface area (Å²) in [6.45, 7) is 5.63. The van der Waals surface area contributed by atoms with Crippen molar-refractivity contribution in [1.82, 2.24) is 4.90 Å². The standard InChI is InChI=1S/C16H25N3O/c1-16(2)11-19(9-8-14(16)18)15(20)13(17)10-12-6-4-3-5-7-12/h3-7,13-14H,8-11,17-18H2,1-2H3/t13-,14?/m0/s1. The van der Waals surface area contributed by atoms with Crippen molar-refractivity contribution in [3.05, 3.63) is 35.9 Å². The third-order valence-electron chi connectivity index (χ3n) is 4.24. The number of nitrogens with two attached hydrogens (primary N) is 2. The lowest BCUT2D eigenvalue weighted by Gasteiger charge is -2.43. The minimum atomic E-state index is -0.470. The van der Waals surface area contributed by atoms with Gasteiger partial charge in [-0.05, 0) is 23.8 Å². The number of nitrogens with zero attached hydrogens (tertiary/aromatic N) is 1. The summed E-state index contributed by atoms with van der Waals surface area (Å²) in [7, 11) is 0. The molecular formula is C16H25N3O. The molecule has 0 saturated carbocycles. The van der Waals surface area contributed by atoms with Crippen LogP contribution in [0.5, 0.6) is 0 Å². The van der Waals surface area contributed by atoms with Crippen molar-refractivity contribution in [2.75, 3.05) is 13.1 Å². The Bertz CT molecular complexity index is 458. The molecule has 1 aliphatic rings. The van der Waals surface area contributed by atoms with E-state index in [0.717, 1.165) is 12.0 Å². The quantitative estimate of drug-likeness (QED) is 0.869. The number of benzene rings is 1. The van der Waals surface area contributed by atoms with Crippen molar-refractivity contribution < 1.29 is 4.79 Å². The molecule has 0 aliphatic carbocycles. The third kappa shape index (κ3) is 3.38. The number of piperidine rings is 1. The molecular weight excluding hydrogens is 250 g/mol. The van der Waals surface area contributed by atoms with Crippen molar-refractivity contribution in [3.63, 3.8) is 0 Å². The van der Waals surface area contributed by atoms with Crippen molar-refractivity contribution in [2.24, 2.45) is 16.9 Å². The van der Waals surface area contributed by atoms with Crippen molar-refractivity contribution in [3.8, 4) is 0 Å². The van der Waals surface area contributed by atoms with Gasteiger partial charge < -0.3 is 16.4 Å². The van der Waals surface area contributed by atoms with Gasteiger partial charge in [0.2, 0.25) is 5.91 Å². The lowest BCUT2D eigenvalue weighted by molar-refractivity contribution is -0.136. The summed E-state index contributed by atoms with van der Waals surface area (Å²) in [5, 5.41) is 0. The highest BCUT2D eigenvalue weighted by Gasteiger charge is 2.36. The number of likely N-dealkylation sites (tertiary alicyclic amines) is 1. The van der Waals surface area contributed by atoms with Gasteiger partial charge in [-0.1, -0.05) is 44.2 Å². The smallest absolute Gasteiger partial charge is 0.239 e. The predicted molar refractivity (Wildman–Crippen MR) is 81.1 cm³/mol. The zero-order valence-electron chi connectivity index (χ0n) is 12.4. The van der Waals surface area contributed by atoms with Gasteiger partial charge >= 0.3 is 0 Å². The molecule has 0 aromatic heterocycles. The number of amides is 1. The maximum absolute atomic E-state index is 12.5. The van der Waals surface area contributed by atoms with Crippen LogP contribution in [-0.2, 0) is 11.2 Å². The maximum atomic E-state index is 12.5. The monoisotopic (exact) mass is 275 g/mol. The summed E-state index contributed by atoms with van der Waals surface area (Å²) in [4.78, 5) is 14.3. The molecule has 20 heavy (non-hydrogen) atoms. The average molecular weight is 275 g/mol. The molecule has 4 heteroatoms. The second-order valence-electron chi connectivity index (χ2n) is 6.44. The number of carbonyl (C=O) groups is 1. The van der Waals surface area contributed by atoms with Crippen LogP contribution in [0.15, 0.2) is 30.3 Å². The van der Waals surface area contributed by atoms with E-state index in [-0.39, 0.29) is 17.4 Å². The molecule has 1 fully saturated rings. The number of hydrogen-bond donors (Lipinski definition) is 2. The lowest BCUT2D eigenvalue weighted by Crippen LogP contribution is -2.57. The SMILES string of the molecule is CC1(C)CN(C(=O)[C@@H](N)Cc2ccccc2)CCC1N. The van der Waals surface area contributed by atoms with Gasteiger partial charge in [-0.2, -0.15) is 0 Å². The van der Waals surface area contributed by atoms with Crippen LogP contribution < -0.4 is 11.5 Å². The summed E-state index contributed by atoms with van der Waals surface area (Å²) < 4.78 is 0. The van der Waals surface area contributed by atoms with Crippen molar-refractivity contribution in [1.29, 1.82) is 0 Å². The van der Waals surface area contributed by atoms with Crippen LogP contribution in [0, 0.1) is 5.41 Å². The highest BCUT2D eigenvalue weighted by molar-refractivity contribution is 5.82. The van der Waals surface area contributed by atoms with Crippen LogP contribution in [0.4, 0.5) is 0 Å². The summed E-state index contributed by atoms with van der Waals surface area (Å²) >= 11 is 0. The fourth-order valence-corrected chi connectivity index (χ4v) is 2.75. The van der Waals surface area contributed by atoms with E-state index in [4.69, 9.17) is 11.5 Å². The number of carbonyl (C=O) groups excluding carboxylic acids is 1. The Morgan fingerprint density at radius 3 is 2.65 bits per heavy atom. The van der Waals surface area contributed by atoms with Gasteiger partial charge in [-0.25, -0.2) is 0 Å². The second-order valence-corrected chi connectivity index (χ2v) is 6.44. The molecule has 1 aromatic carbocycles. The van der Waals surface area contributed by atoms with Crippen LogP contribution in [0.3, 0.4) is 0 Å². The Balaban J connectivity index is 1.97. The van der Waals surface area contributed by atoms with Crippen LogP contribution in [-0.4, -0.2) is 36.0 Å². The highest BCUT2D eigenvalue weighted by Crippen LogP contribution is 2.28. The fraction of sp³-hybridized carbons (Fsp3) is 0.562. The van der Waals surface area contributed by atoms with Gasteiger partial charge in [-0.3, -0.25) is 4.79 Å². The van der Waals surface area contributed by atoms with Crippen molar-refractivity contribution in [2.45, 2.75) is 38.8 Å². The van der Waals surface area contributed by atoms with E-state index < -0.39 is 6.04 Å². The van der Waals surface area contributed by atoms with Gasteiger partial charge in [0.05, 0.1) is 6.04 Å². The first-order valence-electron chi connectivity index (χ1n) is 7.24. The van der Waals surface area contributed by atoms with Gasteiger partial charge in [0.1, 0.15) is 0 Å². The van der Waals surface area contributed by atoms with Crippen LogP contribution in [0.2, 0.25) is 0 Å². The van der Waals surface area contributed by atoms with E-state index in [1.165, 1.54) is 0 Å². The normalized spacial score (nSPS) is 23.4. The summed E-state index contributed by atoms with van der Waals surface area (Å²) in [5.74, 6) is 0.0360. The molecule has 4 nitrogen and oxygen atoms in total. The molecule has 1 aromatic rings. The first-order valence-corrected chi connectivity index (χ1v) is 7.24. The fourth-order valence-electron chi connectivity index (χ4n) is 2.75. The molecule has 0 bridgehead atoms.